The maximum atomic E-state index is 12.7. The molecule has 0 saturated carbocycles. The summed E-state index contributed by atoms with van der Waals surface area (Å²) in [4.78, 5) is 1.75. The SMILES string of the molecule is CCc1ccc(OC)c(S(=O)(=O)NCc2ccc(C(O)c3ccsc3)s2)c1. The van der Waals surface area contributed by atoms with E-state index in [9.17, 15) is 13.5 Å². The van der Waals surface area contributed by atoms with Gasteiger partial charge in [-0.1, -0.05) is 13.0 Å². The van der Waals surface area contributed by atoms with Crippen LogP contribution in [0.4, 0.5) is 0 Å². The molecule has 0 spiro atoms. The van der Waals surface area contributed by atoms with Gasteiger partial charge in [-0.05, 0) is 58.6 Å². The summed E-state index contributed by atoms with van der Waals surface area (Å²) in [6, 6.07) is 10.7. The van der Waals surface area contributed by atoms with Crippen LogP contribution in [0, 0.1) is 0 Å². The van der Waals surface area contributed by atoms with Gasteiger partial charge in [0.1, 0.15) is 16.7 Å². The highest BCUT2D eigenvalue weighted by molar-refractivity contribution is 7.89. The first-order valence-corrected chi connectivity index (χ1v) is 11.6. The molecule has 0 aliphatic rings. The lowest BCUT2D eigenvalue weighted by molar-refractivity contribution is 0.224. The lowest BCUT2D eigenvalue weighted by Crippen LogP contribution is -2.23. The van der Waals surface area contributed by atoms with Crippen molar-refractivity contribution in [2.45, 2.75) is 30.9 Å². The number of aliphatic hydroxyl groups is 1. The number of methoxy groups -OCH3 is 1. The van der Waals surface area contributed by atoms with E-state index in [-0.39, 0.29) is 11.4 Å². The van der Waals surface area contributed by atoms with Crippen molar-refractivity contribution >= 4 is 32.7 Å². The molecule has 1 atom stereocenters. The highest BCUT2D eigenvalue weighted by atomic mass is 32.2. The lowest BCUT2D eigenvalue weighted by atomic mass is 10.2. The molecule has 27 heavy (non-hydrogen) atoms. The second kappa shape index (κ2) is 8.53. The van der Waals surface area contributed by atoms with Gasteiger partial charge in [-0.2, -0.15) is 11.3 Å². The molecule has 8 heteroatoms. The van der Waals surface area contributed by atoms with Gasteiger partial charge in [0.25, 0.3) is 0 Å². The number of ether oxygens (including phenoxy) is 1. The first kappa shape index (κ1) is 20.0. The molecule has 3 rings (SSSR count). The standard InChI is InChI=1S/C19H21NO4S3/c1-3-13-4-6-16(24-2)18(10-13)27(22,23)20-11-15-5-7-17(26-15)19(21)14-8-9-25-12-14/h4-10,12,19-21H,3,11H2,1-2H3. The number of aliphatic hydroxyl groups excluding tert-OH is 1. The Kier molecular flexibility index (Phi) is 6.33. The van der Waals surface area contributed by atoms with Crippen molar-refractivity contribution in [1.29, 1.82) is 0 Å². The molecule has 0 amide bonds. The Morgan fingerprint density at radius 3 is 2.70 bits per heavy atom. The Bertz CT molecular complexity index is 994. The average Bonchev–Trinajstić information content (AvgIpc) is 3.37. The molecule has 2 aromatic heterocycles. The van der Waals surface area contributed by atoms with E-state index in [1.807, 2.05) is 41.9 Å². The smallest absolute Gasteiger partial charge is 0.244 e. The zero-order valence-electron chi connectivity index (χ0n) is 15.0. The minimum atomic E-state index is -3.72. The van der Waals surface area contributed by atoms with Crippen LogP contribution in [-0.2, 0) is 23.0 Å². The van der Waals surface area contributed by atoms with Gasteiger partial charge in [-0.25, -0.2) is 13.1 Å². The molecule has 2 heterocycles. The normalized spacial score (nSPS) is 12.9. The number of sulfonamides is 1. The van der Waals surface area contributed by atoms with Crippen LogP contribution in [0.3, 0.4) is 0 Å². The Morgan fingerprint density at radius 1 is 1.22 bits per heavy atom. The third kappa shape index (κ3) is 4.59. The monoisotopic (exact) mass is 423 g/mol. The van der Waals surface area contributed by atoms with Crippen LogP contribution in [-0.4, -0.2) is 20.6 Å². The van der Waals surface area contributed by atoms with Gasteiger partial charge in [-0.3, -0.25) is 0 Å². The zero-order chi connectivity index (χ0) is 19.4. The Hall–Kier alpha value is -1.71. The Balaban J connectivity index is 1.75. The predicted molar refractivity (Wildman–Crippen MR) is 109 cm³/mol. The van der Waals surface area contributed by atoms with Gasteiger partial charge in [0, 0.05) is 16.3 Å². The number of hydrogen-bond donors (Lipinski definition) is 2. The van der Waals surface area contributed by atoms with E-state index in [1.165, 1.54) is 29.8 Å². The van der Waals surface area contributed by atoms with Crippen molar-refractivity contribution in [1.82, 2.24) is 4.72 Å². The van der Waals surface area contributed by atoms with Crippen molar-refractivity contribution in [3.8, 4) is 5.75 Å². The molecule has 0 radical (unpaired) electrons. The number of aryl methyl sites for hydroxylation is 1. The van der Waals surface area contributed by atoms with Crippen LogP contribution in [0.5, 0.6) is 5.75 Å². The van der Waals surface area contributed by atoms with Gasteiger partial charge in [0.2, 0.25) is 10.0 Å². The largest absolute Gasteiger partial charge is 0.495 e. The number of hydrogen-bond acceptors (Lipinski definition) is 6. The van der Waals surface area contributed by atoms with E-state index in [0.717, 1.165) is 27.3 Å². The van der Waals surface area contributed by atoms with Crippen molar-refractivity contribution in [3.05, 3.63) is 68.0 Å². The summed E-state index contributed by atoms with van der Waals surface area (Å²) < 4.78 is 33.3. The van der Waals surface area contributed by atoms with E-state index in [4.69, 9.17) is 4.74 Å². The van der Waals surface area contributed by atoms with Crippen LogP contribution in [0.2, 0.25) is 0 Å². The average molecular weight is 424 g/mol. The van der Waals surface area contributed by atoms with Gasteiger partial charge in [0.15, 0.2) is 0 Å². The molecule has 3 aromatic rings. The third-order valence-electron chi connectivity index (χ3n) is 4.17. The topological polar surface area (TPSA) is 75.6 Å². The number of nitrogens with one attached hydrogen (secondary N) is 1. The van der Waals surface area contributed by atoms with Crippen molar-refractivity contribution in [3.63, 3.8) is 0 Å². The zero-order valence-corrected chi connectivity index (χ0v) is 17.5. The van der Waals surface area contributed by atoms with E-state index in [0.29, 0.717) is 5.75 Å². The summed E-state index contributed by atoms with van der Waals surface area (Å²) in [5.41, 5.74) is 1.77. The maximum absolute atomic E-state index is 12.7. The van der Waals surface area contributed by atoms with Crippen LogP contribution in [0.1, 0.15) is 33.9 Å². The Labute approximate surface area is 167 Å². The molecular weight excluding hydrogens is 402 g/mol. The molecule has 0 fully saturated rings. The minimum absolute atomic E-state index is 0.138. The van der Waals surface area contributed by atoms with Gasteiger partial charge >= 0.3 is 0 Å². The third-order valence-corrected chi connectivity index (χ3v) is 7.43. The number of thiophene rings is 2. The summed E-state index contributed by atoms with van der Waals surface area (Å²) in [7, 11) is -2.26. The second-order valence-electron chi connectivity index (χ2n) is 5.93. The first-order valence-electron chi connectivity index (χ1n) is 8.40. The molecule has 0 saturated heterocycles. The summed E-state index contributed by atoms with van der Waals surface area (Å²) >= 11 is 2.92. The summed E-state index contributed by atoms with van der Waals surface area (Å²) in [5.74, 6) is 0.319. The van der Waals surface area contributed by atoms with Gasteiger partial charge < -0.3 is 9.84 Å². The molecule has 0 aliphatic heterocycles. The van der Waals surface area contributed by atoms with E-state index < -0.39 is 16.1 Å². The number of rotatable bonds is 8. The van der Waals surface area contributed by atoms with Gasteiger partial charge in [0.05, 0.1) is 7.11 Å². The summed E-state index contributed by atoms with van der Waals surface area (Å²) in [6.07, 6.45) is 0.0503. The van der Waals surface area contributed by atoms with E-state index in [1.54, 1.807) is 12.1 Å². The van der Waals surface area contributed by atoms with Crippen LogP contribution in [0.15, 0.2) is 52.1 Å². The van der Waals surface area contributed by atoms with E-state index in [2.05, 4.69) is 4.72 Å². The molecule has 1 aromatic carbocycles. The predicted octanol–water partition coefficient (Wildman–Crippen LogP) is 3.94. The highest BCUT2D eigenvalue weighted by Gasteiger charge is 2.20. The number of benzene rings is 1. The van der Waals surface area contributed by atoms with Gasteiger partial charge in [-0.15, -0.1) is 11.3 Å². The van der Waals surface area contributed by atoms with Crippen LogP contribution < -0.4 is 9.46 Å². The van der Waals surface area contributed by atoms with Crippen molar-refractivity contribution < 1.29 is 18.3 Å². The van der Waals surface area contributed by atoms with Crippen molar-refractivity contribution in [2.75, 3.05) is 7.11 Å². The molecule has 144 valence electrons. The maximum Gasteiger partial charge on any atom is 0.244 e. The molecular formula is C19H21NO4S3. The minimum Gasteiger partial charge on any atom is -0.495 e. The molecule has 1 unspecified atom stereocenters. The quantitative estimate of drug-likeness (QED) is 0.575. The fourth-order valence-corrected chi connectivity index (χ4v) is 5.59. The molecule has 0 bridgehead atoms. The van der Waals surface area contributed by atoms with Crippen molar-refractivity contribution in [2.24, 2.45) is 0 Å². The van der Waals surface area contributed by atoms with Crippen LogP contribution in [0.25, 0.3) is 0 Å². The fourth-order valence-electron chi connectivity index (χ4n) is 2.63. The molecule has 0 aliphatic carbocycles. The lowest BCUT2D eigenvalue weighted by Gasteiger charge is -2.11. The Morgan fingerprint density at radius 2 is 2.04 bits per heavy atom. The van der Waals surface area contributed by atoms with E-state index >= 15 is 0 Å². The first-order chi connectivity index (χ1) is 12.9. The molecule has 5 nitrogen and oxygen atoms in total. The summed E-state index contributed by atoms with van der Waals surface area (Å²) in [5, 5.41) is 14.2. The highest BCUT2D eigenvalue weighted by Crippen LogP contribution is 2.30. The molecule has 2 N–H and O–H groups in total. The fraction of sp³-hybridized carbons (Fsp3) is 0.263. The van der Waals surface area contributed by atoms with Crippen LogP contribution >= 0.6 is 22.7 Å². The second-order valence-corrected chi connectivity index (χ2v) is 9.64. The summed E-state index contributed by atoms with van der Waals surface area (Å²) in [6.45, 7) is 2.13.